The van der Waals surface area contributed by atoms with E-state index in [2.05, 4.69) is 24.9 Å². The molecule has 0 saturated carbocycles. The van der Waals surface area contributed by atoms with Gasteiger partial charge in [0, 0.05) is 43.0 Å². The van der Waals surface area contributed by atoms with Gasteiger partial charge in [0.1, 0.15) is 11.8 Å². The van der Waals surface area contributed by atoms with Crippen molar-refractivity contribution >= 4 is 5.91 Å². The van der Waals surface area contributed by atoms with Gasteiger partial charge in [0.25, 0.3) is 11.5 Å². The summed E-state index contributed by atoms with van der Waals surface area (Å²) in [5, 5.41) is 9.02. The third-order valence-corrected chi connectivity index (χ3v) is 6.17. The zero-order chi connectivity index (χ0) is 19.8. The Kier molecular flexibility index (Phi) is 4.84. The fraction of sp³-hybridized carbons (Fsp3) is 0.500. The minimum absolute atomic E-state index is 0.0643. The number of nitriles is 1. The standard InChI is InChI=1S/C22H26N4O2/c1-14(2)6-7-20-17-9-16(19-4-3-5-21(27)26(19)20)12-25(13-17)22(28)18-8-15(10-23)11-24-18/h3-5,8,11,14,16-17,20,24H,6-7,9,12-13H2,1-2H3/t16-,17+,20+/m1/s1. The molecule has 0 radical (unpaired) electrons. The molecule has 0 spiro atoms. The fourth-order valence-electron chi connectivity index (χ4n) is 4.83. The minimum atomic E-state index is -0.0643. The predicted octanol–water partition coefficient (Wildman–Crippen LogP) is 3.28. The Morgan fingerprint density at radius 2 is 2.18 bits per heavy atom. The molecule has 1 N–H and O–H groups in total. The number of rotatable bonds is 4. The molecule has 0 unspecified atom stereocenters. The molecule has 1 amide bonds. The van der Waals surface area contributed by atoms with Crippen LogP contribution in [0.5, 0.6) is 0 Å². The molecular weight excluding hydrogens is 352 g/mol. The SMILES string of the molecule is CC(C)CC[C@H]1[C@H]2C[C@H](CN(C(=O)c3cc(C#N)c[nH]3)C2)c2cccc(=O)n21. The normalized spacial score (nSPS) is 23.4. The number of aromatic amines is 1. The number of hydrogen-bond donors (Lipinski definition) is 1. The average Bonchev–Trinajstić information content (AvgIpc) is 3.16. The summed E-state index contributed by atoms with van der Waals surface area (Å²) in [6.07, 6.45) is 4.60. The minimum Gasteiger partial charge on any atom is -0.356 e. The number of fused-ring (bicyclic) bond motifs is 4. The van der Waals surface area contributed by atoms with Crippen LogP contribution in [0.4, 0.5) is 0 Å². The van der Waals surface area contributed by atoms with Crippen LogP contribution in [-0.2, 0) is 0 Å². The van der Waals surface area contributed by atoms with Crippen LogP contribution in [0.3, 0.4) is 0 Å². The van der Waals surface area contributed by atoms with Gasteiger partial charge in [0.2, 0.25) is 0 Å². The topological polar surface area (TPSA) is 81.9 Å². The number of carbonyl (C=O) groups excluding carboxylic acids is 1. The Morgan fingerprint density at radius 3 is 2.89 bits per heavy atom. The first-order valence-electron chi connectivity index (χ1n) is 10.1. The molecule has 2 aliphatic rings. The van der Waals surface area contributed by atoms with E-state index in [9.17, 15) is 9.59 Å². The highest BCUT2D eigenvalue weighted by atomic mass is 16.2. The second-order valence-corrected chi connectivity index (χ2v) is 8.51. The third-order valence-electron chi connectivity index (χ3n) is 6.17. The summed E-state index contributed by atoms with van der Waals surface area (Å²) in [6.45, 7) is 5.67. The summed E-state index contributed by atoms with van der Waals surface area (Å²) in [4.78, 5) is 30.5. The summed E-state index contributed by atoms with van der Waals surface area (Å²) in [5.74, 6) is 0.965. The highest BCUT2D eigenvalue weighted by Crippen LogP contribution is 2.43. The molecular formula is C22H26N4O2. The molecule has 28 heavy (non-hydrogen) atoms. The molecule has 4 heterocycles. The lowest BCUT2D eigenvalue weighted by Crippen LogP contribution is -2.51. The van der Waals surface area contributed by atoms with Crippen LogP contribution in [0.1, 0.15) is 66.8 Å². The summed E-state index contributed by atoms with van der Waals surface area (Å²) in [5.41, 5.74) is 2.05. The number of pyridine rings is 1. The van der Waals surface area contributed by atoms with E-state index in [4.69, 9.17) is 5.26 Å². The van der Waals surface area contributed by atoms with Crippen molar-refractivity contribution in [2.75, 3.05) is 13.1 Å². The van der Waals surface area contributed by atoms with E-state index in [1.807, 2.05) is 21.6 Å². The molecule has 2 aliphatic heterocycles. The molecule has 146 valence electrons. The van der Waals surface area contributed by atoms with Crippen LogP contribution in [0, 0.1) is 23.2 Å². The summed E-state index contributed by atoms with van der Waals surface area (Å²) in [6, 6.07) is 9.33. The number of likely N-dealkylation sites (tertiary alicyclic amines) is 1. The fourth-order valence-corrected chi connectivity index (χ4v) is 4.83. The number of piperidine rings is 1. The smallest absolute Gasteiger partial charge is 0.270 e. The quantitative estimate of drug-likeness (QED) is 0.886. The van der Waals surface area contributed by atoms with E-state index in [1.54, 1.807) is 18.3 Å². The van der Waals surface area contributed by atoms with Gasteiger partial charge in [-0.05, 0) is 43.2 Å². The molecule has 1 saturated heterocycles. The average molecular weight is 378 g/mol. The van der Waals surface area contributed by atoms with Gasteiger partial charge in [-0.1, -0.05) is 19.9 Å². The van der Waals surface area contributed by atoms with Gasteiger partial charge >= 0.3 is 0 Å². The number of aromatic nitrogens is 2. The van der Waals surface area contributed by atoms with Gasteiger partial charge < -0.3 is 14.5 Å². The van der Waals surface area contributed by atoms with Crippen molar-refractivity contribution in [3.8, 4) is 6.07 Å². The Hall–Kier alpha value is -2.81. The maximum atomic E-state index is 13.0. The molecule has 2 aromatic heterocycles. The van der Waals surface area contributed by atoms with Crippen molar-refractivity contribution in [3.63, 3.8) is 0 Å². The zero-order valence-electron chi connectivity index (χ0n) is 16.4. The second-order valence-electron chi connectivity index (χ2n) is 8.51. The van der Waals surface area contributed by atoms with Crippen molar-refractivity contribution in [1.29, 1.82) is 5.26 Å². The summed E-state index contributed by atoms with van der Waals surface area (Å²) < 4.78 is 2.01. The van der Waals surface area contributed by atoms with Crippen LogP contribution in [0.2, 0.25) is 0 Å². The Labute approximate surface area is 164 Å². The van der Waals surface area contributed by atoms with Gasteiger partial charge in [-0.15, -0.1) is 0 Å². The van der Waals surface area contributed by atoms with E-state index < -0.39 is 0 Å². The Balaban J connectivity index is 1.66. The molecule has 6 heteroatoms. The van der Waals surface area contributed by atoms with Crippen molar-refractivity contribution in [2.45, 2.75) is 45.1 Å². The van der Waals surface area contributed by atoms with Crippen LogP contribution in [0.15, 0.2) is 35.3 Å². The van der Waals surface area contributed by atoms with Crippen LogP contribution < -0.4 is 5.56 Å². The number of carbonyl (C=O) groups is 1. The number of hydrogen-bond acceptors (Lipinski definition) is 3. The molecule has 3 atom stereocenters. The van der Waals surface area contributed by atoms with Crippen molar-refractivity contribution < 1.29 is 4.79 Å². The second kappa shape index (κ2) is 7.31. The van der Waals surface area contributed by atoms with Gasteiger partial charge in [-0.2, -0.15) is 5.26 Å². The van der Waals surface area contributed by atoms with Crippen molar-refractivity contribution in [3.05, 3.63) is 57.8 Å². The lowest BCUT2D eigenvalue weighted by atomic mass is 9.76. The van der Waals surface area contributed by atoms with Crippen LogP contribution in [-0.4, -0.2) is 33.4 Å². The Bertz CT molecular complexity index is 981. The first kappa shape index (κ1) is 18.5. The summed E-state index contributed by atoms with van der Waals surface area (Å²) in [7, 11) is 0. The predicted molar refractivity (Wildman–Crippen MR) is 106 cm³/mol. The van der Waals surface area contributed by atoms with E-state index in [-0.39, 0.29) is 29.3 Å². The van der Waals surface area contributed by atoms with E-state index in [1.165, 1.54) is 0 Å². The first-order valence-corrected chi connectivity index (χ1v) is 10.1. The highest BCUT2D eigenvalue weighted by Gasteiger charge is 2.41. The highest BCUT2D eigenvalue weighted by molar-refractivity contribution is 5.93. The lowest BCUT2D eigenvalue weighted by Gasteiger charge is -2.47. The third kappa shape index (κ3) is 3.26. The van der Waals surface area contributed by atoms with E-state index in [0.29, 0.717) is 30.3 Å². The monoisotopic (exact) mass is 378 g/mol. The van der Waals surface area contributed by atoms with Crippen LogP contribution in [0.25, 0.3) is 0 Å². The molecule has 2 bridgehead atoms. The van der Waals surface area contributed by atoms with Gasteiger partial charge in [0.05, 0.1) is 5.56 Å². The number of H-pyrrole nitrogens is 1. The van der Waals surface area contributed by atoms with Gasteiger partial charge in [-0.3, -0.25) is 9.59 Å². The number of amides is 1. The lowest BCUT2D eigenvalue weighted by molar-refractivity contribution is 0.0508. The number of nitrogens with one attached hydrogen (secondary N) is 1. The maximum absolute atomic E-state index is 13.0. The molecule has 1 fully saturated rings. The summed E-state index contributed by atoms with van der Waals surface area (Å²) >= 11 is 0. The van der Waals surface area contributed by atoms with Crippen LogP contribution >= 0.6 is 0 Å². The zero-order valence-corrected chi connectivity index (χ0v) is 16.4. The van der Waals surface area contributed by atoms with Gasteiger partial charge in [-0.25, -0.2) is 0 Å². The molecule has 0 aromatic carbocycles. The molecule has 2 aromatic rings. The van der Waals surface area contributed by atoms with E-state index >= 15 is 0 Å². The molecule has 4 rings (SSSR count). The maximum Gasteiger partial charge on any atom is 0.270 e. The largest absolute Gasteiger partial charge is 0.356 e. The molecule has 6 nitrogen and oxygen atoms in total. The van der Waals surface area contributed by atoms with Crippen molar-refractivity contribution in [2.24, 2.45) is 11.8 Å². The molecule has 0 aliphatic carbocycles. The number of nitrogens with zero attached hydrogens (tertiary/aromatic N) is 3. The van der Waals surface area contributed by atoms with E-state index in [0.717, 1.165) is 25.0 Å². The Morgan fingerprint density at radius 1 is 1.36 bits per heavy atom. The van der Waals surface area contributed by atoms with Gasteiger partial charge in [0.15, 0.2) is 0 Å². The first-order chi connectivity index (χ1) is 13.5. The van der Waals surface area contributed by atoms with Crippen molar-refractivity contribution in [1.82, 2.24) is 14.5 Å².